The van der Waals surface area contributed by atoms with Gasteiger partial charge in [0.2, 0.25) is 0 Å². The fourth-order valence-corrected chi connectivity index (χ4v) is 3.65. The minimum Gasteiger partial charge on any atom is -0.506 e. The molecule has 1 heterocycles. The molecule has 1 aliphatic heterocycles. The van der Waals surface area contributed by atoms with Crippen molar-refractivity contribution in [3.05, 3.63) is 64.0 Å². The number of phenols is 1. The van der Waals surface area contributed by atoms with Gasteiger partial charge in [-0.2, -0.15) is 0 Å². The molecule has 0 spiro atoms. The fraction of sp³-hybridized carbons (Fsp3) is 0.158. The molecule has 1 N–H and O–H groups in total. The highest BCUT2D eigenvalue weighted by molar-refractivity contribution is 8.19. The number of phenolic OH excluding ortho intramolecular Hbond substituents is 1. The number of carbonyl (C=O) groups excluding carboxylic acids is 1. The maximum atomic E-state index is 12.9. The normalized spacial score (nSPS) is 17.9. The van der Waals surface area contributed by atoms with E-state index in [1.807, 2.05) is 44.2 Å². The first-order valence-electron chi connectivity index (χ1n) is 7.81. The molecular formula is C19H17ClN2O2S. The number of anilines is 1. The summed E-state index contributed by atoms with van der Waals surface area (Å²) in [4.78, 5) is 19.7. The SMILES string of the molecule is CC(C)N=C1S/C(=C\c2ccc(O)c(Cl)c2)C(=O)N1c1ccccc1. The molecular weight excluding hydrogens is 356 g/mol. The second-order valence-electron chi connectivity index (χ2n) is 5.80. The number of aromatic hydroxyl groups is 1. The molecule has 1 aliphatic rings. The van der Waals surface area contributed by atoms with Gasteiger partial charge < -0.3 is 5.11 Å². The lowest BCUT2D eigenvalue weighted by molar-refractivity contribution is -0.113. The third kappa shape index (κ3) is 3.89. The summed E-state index contributed by atoms with van der Waals surface area (Å²) >= 11 is 7.29. The highest BCUT2D eigenvalue weighted by Crippen LogP contribution is 2.36. The Morgan fingerprint density at radius 3 is 2.56 bits per heavy atom. The molecule has 0 aliphatic carbocycles. The Bertz CT molecular complexity index is 863. The van der Waals surface area contributed by atoms with Crippen LogP contribution < -0.4 is 4.90 Å². The Hall–Kier alpha value is -2.24. The number of amidine groups is 1. The van der Waals surface area contributed by atoms with E-state index >= 15 is 0 Å². The summed E-state index contributed by atoms with van der Waals surface area (Å²) in [5.41, 5.74) is 1.53. The fourth-order valence-electron chi connectivity index (χ4n) is 2.35. The third-order valence-electron chi connectivity index (χ3n) is 3.46. The van der Waals surface area contributed by atoms with E-state index in [0.717, 1.165) is 11.3 Å². The molecule has 4 nitrogen and oxygen atoms in total. The number of amides is 1. The van der Waals surface area contributed by atoms with Crippen molar-refractivity contribution in [3.8, 4) is 5.75 Å². The summed E-state index contributed by atoms with van der Waals surface area (Å²) in [6.45, 7) is 3.95. The monoisotopic (exact) mass is 372 g/mol. The predicted octanol–water partition coefficient (Wildman–Crippen LogP) is 4.93. The number of hydrogen-bond donors (Lipinski definition) is 1. The summed E-state index contributed by atoms with van der Waals surface area (Å²) in [5, 5.41) is 10.4. The molecule has 0 aromatic heterocycles. The smallest absolute Gasteiger partial charge is 0.271 e. The zero-order valence-corrected chi connectivity index (χ0v) is 15.4. The molecule has 2 aromatic rings. The first-order valence-corrected chi connectivity index (χ1v) is 9.00. The van der Waals surface area contributed by atoms with E-state index in [4.69, 9.17) is 11.6 Å². The van der Waals surface area contributed by atoms with Crippen LogP contribution in [0.25, 0.3) is 6.08 Å². The second kappa shape index (κ2) is 7.33. The second-order valence-corrected chi connectivity index (χ2v) is 7.22. The van der Waals surface area contributed by atoms with Crippen molar-refractivity contribution in [1.82, 2.24) is 0 Å². The van der Waals surface area contributed by atoms with E-state index in [2.05, 4.69) is 4.99 Å². The first kappa shape index (κ1) is 17.6. The quantitative estimate of drug-likeness (QED) is 0.777. The van der Waals surface area contributed by atoms with Crippen molar-refractivity contribution >= 4 is 46.2 Å². The highest BCUT2D eigenvalue weighted by Gasteiger charge is 2.34. The number of halogens is 1. The van der Waals surface area contributed by atoms with Crippen molar-refractivity contribution < 1.29 is 9.90 Å². The summed E-state index contributed by atoms with van der Waals surface area (Å²) in [7, 11) is 0. The summed E-state index contributed by atoms with van der Waals surface area (Å²) < 4.78 is 0. The van der Waals surface area contributed by atoms with Crippen LogP contribution in [0.2, 0.25) is 5.02 Å². The Morgan fingerprint density at radius 1 is 1.20 bits per heavy atom. The molecule has 0 radical (unpaired) electrons. The van der Waals surface area contributed by atoms with Crippen molar-refractivity contribution in [2.75, 3.05) is 4.90 Å². The molecule has 6 heteroatoms. The number of thioether (sulfide) groups is 1. The van der Waals surface area contributed by atoms with Crippen LogP contribution in [0.1, 0.15) is 19.4 Å². The lowest BCUT2D eigenvalue weighted by Gasteiger charge is -2.16. The van der Waals surface area contributed by atoms with Crippen LogP contribution in [0.5, 0.6) is 5.75 Å². The number of aliphatic imine (C=N–C) groups is 1. The van der Waals surface area contributed by atoms with Crippen LogP contribution in [0.15, 0.2) is 58.4 Å². The van der Waals surface area contributed by atoms with E-state index < -0.39 is 0 Å². The maximum Gasteiger partial charge on any atom is 0.271 e. The summed E-state index contributed by atoms with van der Waals surface area (Å²) in [6, 6.07) is 14.4. The topological polar surface area (TPSA) is 52.9 Å². The number of benzene rings is 2. The Morgan fingerprint density at radius 2 is 1.92 bits per heavy atom. The van der Waals surface area contributed by atoms with Gasteiger partial charge in [-0.25, -0.2) is 0 Å². The number of rotatable bonds is 3. The molecule has 0 saturated carbocycles. The average Bonchev–Trinajstić information content (AvgIpc) is 2.86. The third-order valence-corrected chi connectivity index (χ3v) is 4.74. The van der Waals surface area contributed by atoms with Gasteiger partial charge in [0.15, 0.2) is 5.17 Å². The molecule has 128 valence electrons. The van der Waals surface area contributed by atoms with Gasteiger partial charge in [0.05, 0.1) is 15.6 Å². The van der Waals surface area contributed by atoms with Crippen LogP contribution in [0.3, 0.4) is 0 Å². The average molecular weight is 373 g/mol. The van der Waals surface area contributed by atoms with E-state index in [1.165, 1.54) is 17.8 Å². The number of para-hydroxylation sites is 1. The first-order chi connectivity index (χ1) is 12.0. The Labute approximate surface area is 155 Å². The Balaban J connectivity index is 2.01. The van der Waals surface area contributed by atoms with E-state index in [0.29, 0.717) is 10.1 Å². The largest absolute Gasteiger partial charge is 0.506 e. The zero-order valence-electron chi connectivity index (χ0n) is 13.8. The minimum atomic E-state index is -0.125. The lowest BCUT2D eigenvalue weighted by Crippen LogP contribution is -2.29. The minimum absolute atomic E-state index is 0.0159. The maximum absolute atomic E-state index is 12.9. The number of carbonyl (C=O) groups is 1. The predicted molar refractivity (Wildman–Crippen MR) is 105 cm³/mol. The Kier molecular flexibility index (Phi) is 5.16. The molecule has 25 heavy (non-hydrogen) atoms. The van der Waals surface area contributed by atoms with E-state index in [9.17, 15) is 9.90 Å². The van der Waals surface area contributed by atoms with E-state index in [-0.39, 0.29) is 22.7 Å². The van der Waals surface area contributed by atoms with Crippen LogP contribution in [-0.2, 0) is 4.79 Å². The van der Waals surface area contributed by atoms with Gasteiger partial charge in [-0.05, 0) is 61.5 Å². The molecule has 0 unspecified atom stereocenters. The van der Waals surface area contributed by atoms with Gasteiger partial charge in [0.1, 0.15) is 5.75 Å². The molecule has 1 saturated heterocycles. The van der Waals surface area contributed by atoms with Crippen LogP contribution in [0.4, 0.5) is 5.69 Å². The van der Waals surface area contributed by atoms with Gasteiger partial charge in [-0.1, -0.05) is 35.9 Å². The lowest BCUT2D eigenvalue weighted by atomic mass is 10.2. The number of hydrogen-bond acceptors (Lipinski definition) is 4. The van der Waals surface area contributed by atoms with Gasteiger partial charge >= 0.3 is 0 Å². The van der Waals surface area contributed by atoms with Crippen LogP contribution >= 0.6 is 23.4 Å². The molecule has 2 aromatic carbocycles. The summed E-state index contributed by atoms with van der Waals surface area (Å²) in [6.07, 6.45) is 1.76. The molecule has 1 fully saturated rings. The van der Waals surface area contributed by atoms with Gasteiger partial charge in [0, 0.05) is 6.04 Å². The molecule has 1 amide bonds. The summed E-state index contributed by atoms with van der Waals surface area (Å²) in [5.74, 6) is -0.109. The van der Waals surface area contributed by atoms with Crippen LogP contribution in [0, 0.1) is 0 Å². The highest BCUT2D eigenvalue weighted by atomic mass is 35.5. The van der Waals surface area contributed by atoms with Gasteiger partial charge in [-0.15, -0.1) is 0 Å². The molecule has 0 bridgehead atoms. The molecule has 3 rings (SSSR count). The molecule has 0 atom stereocenters. The standard InChI is InChI=1S/C19H17ClN2O2S/c1-12(2)21-19-22(14-6-4-3-5-7-14)18(24)17(25-19)11-13-8-9-16(23)15(20)10-13/h3-12,23H,1-2H3/b17-11-,21-19?. The van der Waals surface area contributed by atoms with Gasteiger partial charge in [0.25, 0.3) is 5.91 Å². The van der Waals surface area contributed by atoms with Crippen molar-refractivity contribution in [3.63, 3.8) is 0 Å². The van der Waals surface area contributed by atoms with Crippen molar-refractivity contribution in [2.24, 2.45) is 4.99 Å². The number of nitrogens with zero attached hydrogens (tertiary/aromatic N) is 2. The van der Waals surface area contributed by atoms with Crippen molar-refractivity contribution in [2.45, 2.75) is 19.9 Å². The zero-order chi connectivity index (χ0) is 18.0. The van der Waals surface area contributed by atoms with Gasteiger partial charge in [-0.3, -0.25) is 14.7 Å². The van der Waals surface area contributed by atoms with E-state index in [1.54, 1.807) is 23.1 Å². The van der Waals surface area contributed by atoms with Crippen molar-refractivity contribution in [1.29, 1.82) is 0 Å². The van der Waals surface area contributed by atoms with Crippen LogP contribution in [-0.4, -0.2) is 22.2 Å².